The first-order valence-electron chi connectivity index (χ1n) is 11.8. The fraction of sp³-hybridized carbons (Fsp3) is 0.133. The number of hydrogen-bond donors (Lipinski definition) is 2. The number of benzene rings is 3. The molecule has 0 saturated heterocycles. The molecule has 1 amide bonds. The van der Waals surface area contributed by atoms with E-state index in [1.807, 2.05) is 97.1 Å². The average molecular weight is 530 g/mol. The molecule has 2 atom stereocenters. The van der Waals surface area contributed by atoms with Gasteiger partial charge in [0.25, 0.3) is 5.91 Å². The zero-order valence-corrected chi connectivity index (χ0v) is 21.3. The number of fused-ring (bicyclic) bond motifs is 1. The number of carboxylic acids is 1. The Labute approximate surface area is 223 Å². The summed E-state index contributed by atoms with van der Waals surface area (Å²) in [5.41, 5.74) is 1.44. The number of allylic oxidation sites excluding steroid dienone is 2. The van der Waals surface area contributed by atoms with Crippen LogP contribution in [0.4, 0.5) is 0 Å². The zero-order valence-electron chi connectivity index (χ0n) is 19.8. The Bertz CT molecular complexity index is 1500. The number of hydrogen-bond acceptors (Lipinski definition) is 4. The Morgan fingerprint density at radius 3 is 2.32 bits per heavy atom. The summed E-state index contributed by atoms with van der Waals surface area (Å²) in [7, 11) is 0. The second-order valence-electron chi connectivity index (χ2n) is 8.78. The molecule has 0 saturated carbocycles. The molecule has 1 aliphatic rings. The van der Waals surface area contributed by atoms with E-state index in [9.17, 15) is 14.7 Å². The van der Waals surface area contributed by atoms with Gasteiger partial charge in [-0.25, -0.2) is 4.79 Å². The van der Waals surface area contributed by atoms with Crippen molar-refractivity contribution in [1.82, 2.24) is 5.32 Å². The van der Waals surface area contributed by atoms with E-state index in [-0.39, 0.29) is 12.8 Å². The summed E-state index contributed by atoms with van der Waals surface area (Å²) in [4.78, 5) is 26.1. The van der Waals surface area contributed by atoms with Gasteiger partial charge in [0, 0.05) is 22.9 Å². The number of amides is 1. The topological polar surface area (TPSA) is 75.6 Å². The summed E-state index contributed by atoms with van der Waals surface area (Å²) in [6.45, 7) is 0. The first-order valence-corrected chi connectivity index (χ1v) is 13.0. The van der Waals surface area contributed by atoms with E-state index in [0.29, 0.717) is 9.90 Å². The van der Waals surface area contributed by atoms with E-state index in [1.54, 1.807) is 6.08 Å². The predicted molar refractivity (Wildman–Crippen MR) is 148 cm³/mol. The van der Waals surface area contributed by atoms with Crippen LogP contribution in [0.5, 0.6) is 0 Å². The Kier molecular flexibility index (Phi) is 7.24. The quantitative estimate of drug-likeness (QED) is 0.248. The van der Waals surface area contributed by atoms with Gasteiger partial charge in [0.1, 0.15) is 4.88 Å². The summed E-state index contributed by atoms with van der Waals surface area (Å²) >= 11 is 7.86. The second kappa shape index (κ2) is 10.7. The lowest BCUT2D eigenvalue weighted by Crippen LogP contribution is -2.53. The van der Waals surface area contributed by atoms with Crippen LogP contribution in [0.3, 0.4) is 0 Å². The molecular formula is C30H24ClNO4S. The van der Waals surface area contributed by atoms with Crippen molar-refractivity contribution in [3.05, 3.63) is 124 Å². The van der Waals surface area contributed by atoms with E-state index in [0.717, 1.165) is 26.8 Å². The molecule has 2 unspecified atom stereocenters. The van der Waals surface area contributed by atoms with E-state index in [2.05, 4.69) is 5.32 Å². The molecule has 186 valence electrons. The van der Waals surface area contributed by atoms with Crippen molar-refractivity contribution in [2.75, 3.05) is 0 Å². The lowest BCUT2D eigenvalue weighted by atomic mass is 9.94. The maximum Gasteiger partial charge on any atom is 0.333 e. The van der Waals surface area contributed by atoms with E-state index in [4.69, 9.17) is 16.3 Å². The third-order valence-corrected chi connectivity index (χ3v) is 7.90. The number of nitrogens with one attached hydrogen (secondary N) is 1. The van der Waals surface area contributed by atoms with Crippen LogP contribution < -0.4 is 5.32 Å². The number of thiophene rings is 1. The van der Waals surface area contributed by atoms with E-state index < -0.39 is 23.7 Å². The number of carbonyl (C=O) groups excluding carboxylic acids is 1. The molecule has 4 aromatic rings. The third-order valence-electron chi connectivity index (χ3n) is 6.22. The van der Waals surface area contributed by atoms with Gasteiger partial charge in [-0.05, 0) is 28.8 Å². The fourth-order valence-corrected chi connectivity index (χ4v) is 5.76. The Morgan fingerprint density at radius 2 is 1.68 bits per heavy atom. The molecule has 5 nitrogen and oxygen atoms in total. The molecule has 0 fully saturated rings. The molecule has 3 aromatic carbocycles. The Morgan fingerprint density at radius 1 is 1.00 bits per heavy atom. The van der Waals surface area contributed by atoms with Crippen LogP contribution in [0.15, 0.2) is 103 Å². The molecule has 1 aromatic heterocycles. The van der Waals surface area contributed by atoms with Crippen molar-refractivity contribution in [2.45, 2.75) is 24.7 Å². The highest BCUT2D eigenvalue weighted by molar-refractivity contribution is 7.21. The highest BCUT2D eigenvalue weighted by atomic mass is 35.5. The standard InChI is InChI=1S/C30H24ClNO4S/c31-26-23-13-7-8-14-25(23)37-27(26)28(33)32-30(17-15-22(16-18-30)21-11-5-2-6-12-21)36-24(29(34)35)19-20-9-3-1-4-10-20/h1-17,24H,18-19H2,(H,32,33)(H,34,35). The van der Waals surface area contributed by atoms with Crippen molar-refractivity contribution < 1.29 is 19.4 Å². The van der Waals surface area contributed by atoms with Gasteiger partial charge >= 0.3 is 5.97 Å². The number of carboxylic acid groups (broad SMARTS) is 1. The number of carbonyl (C=O) groups is 2. The lowest BCUT2D eigenvalue weighted by Gasteiger charge is -2.35. The fourth-order valence-electron chi connectivity index (χ4n) is 4.35. The monoisotopic (exact) mass is 529 g/mol. The van der Waals surface area contributed by atoms with Gasteiger partial charge in [0.15, 0.2) is 11.8 Å². The normalized spacial score (nSPS) is 17.8. The molecule has 1 heterocycles. The summed E-state index contributed by atoms with van der Waals surface area (Å²) in [5, 5.41) is 14.1. The number of aliphatic carboxylic acids is 1. The zero-order chi connectivity index (χ0) is 25.8. The van der Waals surface area contributed by atoms with Crippen LogP contribution >= 0.6 is 22.9 Å². The predicted octanol–water partition coefficient (Wildman–Crippen LogP) is 6.74. The van der Waals surface area contributed by atoms with Gasteiger partial charge < -0.3 is 15.2 Å². The minimum Gasteiger partial charge on any atom is -0.479 e. The van der Waals surface area contributed by atoms with Crippen LogP contribution in [0.2, 0.25) is 5.02 Å². The summed E-state index contributed by atoms with van der Waals surface area (Å²) < 4.78 is 7.13. The van der Waals surface area contributed by atoms with Gasteiger partial charge in [-0.1, -0.05) is 103 Å². The maximum atomic E-state index is 13.5. The molecule has 1 aliphatic carbocycles. The van der Waals surface area contributed by atoms with Gasteiger partial charge in [0.05, 0.1) is 5.02 Å². The lowest BCUT2D eigenvalue weighted by molar-refractivity contribution is -0.161. The van der Waals surface area contributed by atoms with Crippen LogP contribution in [-0.2, 0) is 16.0 Å². The highest BCUT2D eigenvalue weighted by Gasteiger charge is 2.38. The minimum atomic E-state index is -1.37. The Hall–Kier alpha value is -3.71. The van der Waals surface area contributed by atoms with Crippen molar-refractivity contribution in [3.8, 4) is 0 Å². The summed E-state index contributed by atoms with van der Waals surface area (Å²) in [6.07, 6.45) is 4.75. The largest absolute Gasteiger partial charge is 0.479 e. The number of rotatable bonds is 8. The second-order valence-corrected chi connectivity index (χ2v) is 10.2. The Balaban J connectivity index is 1.46. The van der Waals surface area contributed by atoms with Crippen molar-refractivity contribution in [2.24, 2.45) is 0 Å². The molecule has 0 radical (unpaired) electrons. The van der Waals surface area contributed by atoms with Crippen molar-refractivity contribution >= 4 is 50.5 Å². The first-order chi connectivity index (χ1) is 17.9. The van der Waals surface area contributed by atoms with Crippen LogP contribution in [0, 0.1) is 0 Å². The molecule has 0 spiro atoms. The molecule has 0 bridgehead atoms. The van der Waals surface area contributed by atoms with Gasteiger partial charge in [-0.3, -0.25) is 4.79 Å². The molecule has 2 N–H and O–H groups in total. The van der Waals surface area contributed by atoms with E-state index in [1.165, 1.54) is 11.3 Å². The van der Waals surface area contributed by atoms with Crippen LogP contribution in [-0.4, -0.2) is 28.8 Å². The van der Waals surface area contributed by atoms with Gasteiger partial charge in [0.2, 0.25) is 0 Å². The third kappa shape index (κ3) is 5.52. The van der Waals surface area contributed by atoms with E-state index >= 15 is 0 Å². The first kappa shape index (κ1) is 25.0. The molecular weight excluding hydrogens is 506 g/mol. The molecule has 0 aliphatic heterocycles. The van der Waals surface area contributed by atoms with Crippen LogP contribution in [0.25, 0.3) is 15.7 Å². The van der Waals surface area contributed by atoms with Crippen molar-refractivity contribution in [1.29, 1.82) is 0 Å². The molecule has 5 rings (SSSR count). The average Bonchev–Trinajstić information content (AvgIpc) is 3.26. The summed E-state index contributed by atoms with van der Waals surface area (Å²) in [5.74, 6) is -1.53. The molecule has 37 heavy (non-hydrogen) atoms. The maximum absolute atomic E-state index is 13.5. The minimum absolute atomic E-state index is 0.153. The number of halogens is 1. The summed E-state index contributed by atoms with van der Waals surface area (Å²) in [6, 6.07) is 26.7. The van der Waals surface area contributed by atoms with Crippen molar-refractivity contribution in [3.63, 3.8) is 0 Å². The van der Waals surface area contributed by atoms with Crippen LogP contribution in [0.1, 0.15) is 27.2 Å². The van der Waals surface area contributed by atoms with Gasteiger partial charge in [-0.15, -0.1) is 11.3 Å². The SMILES string of the molecule is O=C(NC1(OC(Cc2ccccc2)C(=O)O)C=CC(c2ccccc2)=CC1)c1sc2ccccc2c1Cl. The smallest absolute Gasteiger partial charge is 0.333 e. The van der Waals surface area contributed by atoms with Gasteiger partial charge in [-0.2, -0.15) is 0 Å². The molecule has 7 heteroatoms. The highest BCUT2D eigenvalue weighted by Crippen LogP contribution is 2.36. The number of ether oxygens (including phenoxy) is 1.